The van der Waals surface area contributed by atoms with Gasteiger partial charge in [0.25, 0.3) is 0 Å². The maximum Gasteiger partial charge on any atom is 0.179 e. The Kier molecular flexibility index (Phi) is 2.12. The van der Waals surface area contributed by atoms with E-state index in [1.807, 2.05) is 25.1 Å². The van der Waals surface area contributed by atoms with Gasteiger partial charge in [-0.1, -0.05) is 18.2 Å². The highest BCUT2D eigenvalue weighted by Gasteiger charge is 2.29. The Morgan fingerprint density at radius 3 is 2.79 bits per heavy atom. The van der Waals surface area contributed by atoms with Gasteiger partial charge in [0.15, 0.2) is 9.84 Å². The lowest BCUT2D eigenvalue weighted by atomic mass is 10.0. The highest BCUT2D eigenvalue weighted by Crippen LogP contribution is 2.32. The normalized spacial score (nSPS) is 24.3. The maximum atomic E-state index is 11.8. The van der Waals surface area contributed by atoms with Crippen molar-refractivity contribution in [3.05, 3.63) is 29.3 Å². The molecular weight excluding hydrogens is 198 g/mol. The third-order valence-electron chi connectivity index (χ3n) is 2.65. The molecule has 0 bridgehead atoms. The molecule has 1 aromatic carbocycles. The zero-order valence-electron chi connectivity index (χ0n) is 8.03. The van der Waals surface area contributed by atoms with E-state index in [4.69, 9.17) is 5.73 Å². The summed E-state index contributed by atoms with van der Waals surface area (Å²) in [5.74, 6) is 0.173. The van der Waals surface area contributed by atoms with Gasteiger partial charge in [-0.3, -0.25) is 0 Å². The number of fused-ring (bicyclic) bond motifs is 1. The summed E-state index contributed by atoms with van der Waals surface area (Å²) < 4.78 is 23.6. The molecule has 1 aromatic rings. The van der Waals surface area contributed by atoms with E-state index in [-0.39, 0.29) is 11.8 Å². The second-order valence-electron chi connectivity index (χ2n) is 3.71. The van der Waals surface area contributed by atoms with Crippen LogP contribution >= 0.6 is 0 Å². The first-order valence-corrected chi connectivity index (χ1v) is 6.25. The minimum atomic E-state index is -3.09. The van der Waals surface area contributed by atoms with Crippen LogP contribution in [-0.4, -0.2) is 14.2 Å². The van der Waals surface area contributed by atoms with Crippen LogP contribution in [0.4, 0.5) is 0 Å². The molecule has 4 heteroatoms. The van der Waals surface area contributed by atoms with Crippen LogP contribution in [0.25, 0.3) is 0 Å². The molecule has 0 unspecified atom stereocenters. The van der Waals surface area contributed by atoms with Gasteiger partial charge in [-0.2, -0.15) is 0 Å². The van der Waals surface area contributed by atoms with Crippen molar-refractivity contribution in [3.63, 3.8) is 0 Å². The molecular formula is C10H13NO2S. The van der Waals surface area contributed by atoms with E-state index in [1.165, 1.54) is 0 Å². The molecule has 14 heavy (non-hydrogen) atoms. The van der Waals surface area contributed by atoms with E-state index >= 15 is 0 Å². The third-order valence-corrected chi connectivity index (χ3v) is 4.60. The molecule has 1 heterocycles. The summed E-state index contributed by atoms with van der Waals surface area (Å²) in [7, 11) is -3.09. The fraction of sp³-hybridized carbons (Fsp3) is 0.400. The average Bonchev–Trinajstić information content (AvgIpc) is 2.12. The SMILES string of the molecule is Cc1cccc2c1S(=O)(=O)CC[C@H]2N. The Hall–Kier alpha value is -0.870. The predicted molar refractivity (Wildman–Crippen MR) is 54.8 cm³/mol. The number of sulfone groups is 1. The Morgan fingerprint density at radius 2 is 2.14 bits per heavy atom. The van der Waals surface area contributed by atoms with Gasteiger partial charge in [0.05, 0.1) is 10.6 Å². The zero-order chi connectivity index (χ0) is 10.3. The molecule has 1 aliphatic heterocycles. The number of aryl methyl sites for hydroxylation is 1. The fourth-order valence-corrected chi connectivity index (χ4v) is 3.84. The standard InChI is InChI=1S/C10H13NO2S/c1-7-3-2-4-8-9(11)5-6-14(12,13)10(7)8/h2-4,9H,5-6,11H2,1H3/t9-/m1/s1. The van der Waals surface area contributed by atoms with Gasteiger partial charge in [0.2, 0.25) is 0 Å². The van der Waals surface area contributed by atoms with Crippen LogP contribution in [-0.2, 0) is 9.84 Å². The molecule has 2 rings (SSSR count). The van der Waals surface area contributed by atoms with E-state index in [9.17, 15) is 8.42 Å². The molecule has 1 atom stereocenters. The van der Waals surface area contributed by atoms with Crippen LogP contribution < -0.4 is 5.73 Å². The molecule has 0 saturated heterocycles. The van der Waals surface area contributed by atoms with E-state index < -0.39 is 9.84 Å². The Morgan fingerprint density at radius 1 is 1.43 bits per heavy atom. The summed E-state index contributed by atoms with van der Waals surface area (Å²) in [6, 6.07) is 5.35. The van der Waals surface area contributed by atoms with Crippen molar-refractivity contribution in [2.45, 2.75) is 24.3 Å². The zero-order valence-corrected chi connectivity index (χ0v) is 8.84. The molecule has 0 aliphatic carbocycles. The molecule has 0 saturated carbocycles. The number of hydrogen-bond donors (Lipinski definition) is 1. The van der Waals surface area contributed by atoms with Crippen LogP contribution in [0.15, 0.2) is 23.1 Å². The first-order valence-electron chi connectivity index (χ1n) is 4.60. The lowest BCUT2D eigenvalue weighted by Crippen LogP contribution is -2.25. The number of benzene rings is 1. The van der Waals surface area contributed by atoms with Crippen LogP contribution in [0.1, 0.15) is 23.6 Å². The highest BCUT2D eigenvalue weighted by atomic mass is 32.2. The van der Waals surface area contributed by atoms with Crippen molar-refractivity contribution >= 4 is 9.84 Å². The van der Waals surface area contributed by atoms with Crippen LogP contribution in [0.5, 0.6) is 0 Å². The molecule has 3 nitrogen and oxygen atoms in total. The van der Waals surface area contributed by atoms with Gasteiger partial charge in [-0.15, -0.1) is 0 Å². The monoisotopic (exact) mass is 211 g/mol. The van der Waals surface area contributed by atoms with Gasteiger partial charge in [0, 0.05) is 6.04 Å². The number of nitrogens with two attached hydrogens (primary N) is 1. The minimum absolute atomic E-state index is 0.131. The van der Waals surface area contributed by atoms with Gasteiger partial charge in [-0.05, 0) is 24.5 Å². The van der Waals surface area contributed by atoms with E-state index in [0.717, 1.165) is 11.1 Å². The van der Waals surface area contributed by atoms with E-state index in [1.54, 1.807) is 0 Å². The molecule has 0 spiro atoms. The van der Waals surface area contributed by atoms with Gasteiger partial charge in [-0.25, -0.2) is 8.42 Å². The lowest BCUT2D eigenvalue weighted by Gasteiger charge is -2.23. The van der Waals surface area contributed by atoms with Crippen molar-refractivity contribution in [2.24, 2.45) is 5.73 Å². The minimum Gasteiger partial charge on any atom is -0.324 e. The summed E-state index contributed by atoms with van der Waals surface area (Å²) in [5.41, 5.74) is 7.45. The summed E-state index contributed by atoms with van der Waals surface area (Å²) >= 11 is 0. The van der Waals surface area contributed by atoms with Crippen LogP contribution in [0.2, 0.25) is 0 Å². The molecule has 0 amide bonds. The molecule has 76 valence electrons. The van der Waals surface area contributed by atoms with Gasteiger partial charge < -0.3 is 5.73 Å². The van der Waals surface area contributed by atoms with E-state index in [0.29, 0.717) is 11.3 Å². The maximum absolute atomic E-state index is 11.8. The second kappa shape index (κ2) is 3.07. The summed E-state index contributed by atoms with van der Waals surface area (Å²) in [5, 5.41) is 0. The average molecular weight is 211 g/mol. The van der Waals surface area contributed by atoms with Crippen molar-refractivity contribution < 1.29 is 8.42 Å². The van der Waals surface area contributed by atoms with Crippen molar-refractivity contribution in [1.29, 1.82) is 0 Å². The molecule has 0 fully saturated rings. The van der Waals surface area contributed by atoms with E-state index in [2.05, 4.69) is 0 Å². The molecule has 0 radical (unpaired) electrons. The van der Waals surface area contributed by atoms with Crippen molar-refractivity contribution in [2.75, 3.05) is 5.75 Å². The smallest absolute Gasteiger partial charge is 0.179 e. The van der Waals surface area contributed by atoms with Gasteiger partial charge >= 0.3 is 0 Å². The van der Waals surface area contributed by atoms with Crippen molar-refractivity contribution in [3.8, 4) is 0 Å². The first-order chi connectivity index (χ1) is 6.52. The molecule has 1 aliphatic rings. The third kappa shape index (κ3) is 1.35. The Bertz CT molecular complexity index is 465. The predicted octanol–water partition coefficient (Wildman–Crippen LogP) is 1.17. The largest absolute Gasteiger partial charge is 0.324 e. The Labute approximate surface area is 83.9 Å². The van der Waals surface area contributed by atoms with Crippen molar-refractivity contribution in [1.82, 2.24) is 0 Å². The second-order valence-corrected chi connectivity index (χ2v) is 5.75. The van der Waals surface area contributed by atoms with Crippen LogP contribution in [0, 0.1) is 6.92 Å². The van der Waals surface area contributed by atoms with Crippen LogP contribution in [0.3, 0.4) is 0 Å². The lowest BCUT2D eigenvalue weighted by molar-refractivity contribution is 0.567. The molecule has 2 N–H and O–H groups in total. The summed E-state index contributed by atoms with van der Waals surface area (Å²) in [6.45, 7) is 1.81. The topological polar surface area (TPSA) is 60.2 Å². The number of hydrogen-bond acceptors (Lipinski definition) is 3. The first kappa shape index (κ1) is 9.68. The Balaban J connectivity index is 2.77. The summed E-state index contributed by atoms with van der Waals surface area (Å²) in [4.78, 5) is 0.457. The number of rotatable bonds is 0. The quantitative estimate of drug-likeness (QED) is 0.700. The van der Waals surface area contributed by atoms with Gasteiger partial charge in [0.1, 0.15) is 0 Å². The molecule has 0 aromatic heterocycles. The highest BCUT2D eigenvalue weighted by molar-refractivity contribution is 7.91. The fourth-order valence-electron chi connectivity index (χ4n) is 1.93. The summed E-state index contributed by atoms with van der Waals surface area (Å²) in [6.07, 6.45) is 0.527.